The second-order valence-corrected chi connectivity index (χ2v) is 9.82. The summed E-state index contributed by atoms with van der Waals surface area (Å²) in [6.07, 6.45) is -2.09. The number of amides is 2. The molecule has 11 nitrogen and oxygen atoms in total. The van der Waals surface area contributed by atoms with E-state index in [2.05, 4.69) is 10.4 Å². The van der Waals surface area contributed by atoms with E-state index in [9.17, 15) is 26.8 Å². The first-order valence-electron chi connectivity index (χ1n) is 10.9. The third kappa shape index (κ3) is 5.52. The van der Waals surface area contributed by atoms with Crippen LogP contribution in [0.25, 0.3) is 0 Å². The second kappa shape index (κ2) is 10.7. The number of benzene rings is 1. The Labute approximate surface area is 204 Å². The fourth-order valence-electron chi connectivity index (χ4n) is 3.85. The minimum absolute atomic E-state index is 0.0519. The molecule has 3 heterocycles. The molecule has 1 aromatic carbocycles. The molecule has 2 saturated heterocycles. The van der Waals surface area contributed by atoms with Gasteiger partial charge in [0.2, 0.25) is 0 Å². The molecule has 2 aliphatic heterocycles. The summed E-state index contributed by atoms with van der Waals surface area (Å²) in [5, 5.41) is 1.98. The maximum atomic E-state index is 15.1. The number of nitrogens with one attached hydrogen (secondary N) is 2. The smallest absolute Gasteiger partial charge is 0.414 e. The number of nitrogens with zero attached hydrogens (tertiary/aromatic N) is 4. The first kappa shape index (κ1) is 25.7. The predicted molar refractivity (Wildman–Crippen MR) is 121 cm³/mol. The number of alkyl halides is 2. The number of anilines is 2. The van der Waals surface area contributed by atoms with Crippen molar-refractivity contribution in [3.63, 3.8) is 0 Å². The Bertz CT molecular complexity index is 1220. The highest BCUT2D eigenvalue weighted by molar-refractivity contribution is 7.89. The number of hydrogen-bond acceptors (Lipinski definition) is 8. The zero-order valence-corrected chi connectivity index (χ0v) is 19.6. The Hall–Kier alpha value is -3.43. The van der Waals surface area contributed by atoms with Crippen molar-refractivity contribution in [2.24, 2.45) is 0 Å². The summed E-state index contributed by atoms with van der Waals surface area (Å²) in [6.45, 7) is 0.441. The molecule has 1 unspecified atom stereocenters. The fourth-order valence-corrected chi connectivity index (χ4v) is 5.15. The van der Waals surface area contributed by atoms with Crippen LogP contribution >= 0.6 is 0 Å². The summed E-state index contributed by atoms with van der Waals surface area (Å²) >= 11 is 0. The molecule has 0 aliphatic carbocycles. The van der Waals surface area contributed by atoms with Crippen LogP contribution < -0.4 is 20.5 Å². The number of hydrogen-bond donors (Lipinski definition) is 2. The highest BCUT2D eigenvalue weighted by atomic mass is 32.2. The number of halogens is 3. The molecule has 36 heavy (non-hydrogen) atoms. The van der Waals surface area contributed by atoms with Crippen molar-refractivity contribution in [1.29, 1.82) is 0 Å². The Morgan fingerprint density at radius 2 is 1.94 bits per heavy atom. The Balaban J connectivity index is 1.41. The zero-order chi connectivity index (χ0) is 25.9. The van der Waals surface area contributed by atoms with Gasteiger partial charge < -0.3 is 15.0 Å². The SMILES string of the molecule is O=C(NCC1CN(c2ccc(N3CCNN(S(=O)(=O)c4ccncc4)CC3)c(F)c2)C(=O)O1)C(F)F. The number of pyridine rings is 1. The summed E-state index contributed by atoms with van der Waals surface area (Å²) in [5.41, 5.74) is 3.26. The van der Waals surface area contributed by atoms with Gasteiger partial charge in [0.1, 0.15) is 11.9 Å². The number of sulfonamides is 1. The predicted octanol–water partition coefficient (Wildman–Crippen LogP) is 0.943. The van der Waals surface area contributed by atoms with Gasteiger partial charge in [0.25, 0.3) is 15.9 Å². The van der Waals surface area contributed by atoms with Gasteiger partial charge >= 0.3 is 12.5 Å². The van der Waals surface area contributed by atoms with Crippen LogP contribution in [0.5, 0.6) is 0 Å². The summed E-state index contributed by atoms with van der Waals surface area (Å²) in [5.74, 6) is -2.11. The van der Waals surface area contributed by atoms with E-state index in [4.69, 9.17) is 4.74 Å². The molecule has 0 spiro atoms. The summed E-state index contributed by atoms with van der Waals surface area (Å²) < 4.78 is 71.6. The van der Waals surface area contributed by atoms with Crippen LogP contribution in [0.1, 0.15) is 0 Å². The third-order valence-corrected chi connectivity index (χ3v) is 7.40. The number of carbonyl (C=O) groups is 2. The minimum Gasteiger partial charge on any atom is -0.442 e. The van der Waals surface area contributed by atoms with Gasteiger partial charge in [-0.25, -0.2) is 23.0 Å². The van der Waals surface area contributed by atoms with E-state index >= 15 is 4.39 Å². The molecular weight excluding hydrogens is 505 g/mol. The maximum absolute atomic E-state index is 15.1. The molecule has 1 aromatic heterocycles. The van der Waals surface area contributed by atoms with E-state index in [1.54, 1.807) is 4.90 Å². The van der Waals surface area contributed by atoms with Crippen molar-refractivity contribution in [2.75, 3.05) is 49.1 Å². The fraction of sp³-hybridized carbons (Fsp3) is 0.381. The maximum Gasteiger partial charge on any atom is 0.414 e. The van der Waals surface area contributed by atoms with Crippen LogP contribution in [-0.2, 0) is 19.6 Å². The van der Waals surface area contributed by atoms with Gasteiger partial charge in [-0.3, -0.25) is 14.7 Å². The molecule has 15 heteroatoms. The van der Waals surface area contributed by atoms with E-state index in [0.717, 1.165) is 15.4 Å². The average Bonchev–Trinajstić information content (AvgIpc) is 3.06. The number of aromatic nitrogens is 1. The van der Waals surface area contributed by atoms with Crippen molar-refractivity contribution in [1.82, 2.24) is 20.1 Å². The van der Waals surface area contributed by atoms with Crippen molar-refractivity contribution in [3.8, 4) is 0 Å². The van der Waals surface area contributed by atoms with Gasteiger partial charge in [0, 0.05) is 38.6 Å². The first-order chi connectivity index (χ1) is 17.2. The Kier molecular flexibility index (Phi) is 7.61. The molecule has 0 bridgehead atoms. The van der Waals surface area contributed by atoms with E-state index in [1.807, 2.05) is 5.32 Å². The molecule has 2 N–H and O–H groups in total. The van der Waals surface area contributed by atoms with Gasteiger partial charge in [-0.05, 0) is 30.3 Å². The lowest BCUT2D eigenvalue weighted by molar-refractivity contribution is -0.132. The molecule has 2 fully saturated rings. The molecule has 1 atom stereocenters. The molecular formula is C21H23F3N6O5S. The van der Waals surface area contributed by atoms with Crippen LogP contribution in [0.15, 0.2) is 47.6 Å². The van der Waals surface area contributed by atoms with Crippen LogP contribution in [0.2, 0.25) is 0 Å². The van der Waals surface area contributed by atoms with Crippen LogP contribution in [0, 0.1) is 5.82 Å². The molecule has 2 aliphatic rings. The van der Waals surface area contributed by atoms with E-state index in [1.165, 1.54) is 36.7 Å². The molecule has 4 rings (SSSR count). The number of hydrazine groups is 1. The number of cyclic esters (lactones) is 1. The lowest BCUT2D eigenvalue weighted by Gasteiger charge is -2.24. The topological polar surface area (TPSA) is 124 Å². The van der Waals surface area contributed by atoms with Gasteiger partial charge in [-0.15, -0.1) is 4.41 Å². The monoisotopic (exact) mass is 528 g/mol. The van der Waals surface area contributed by atoms with E-state index < -0.39 is 40.4 Å². The van der Waals surface area contributed by atoms with Gasteiger partial charge in [0.15, 0.2) is 0 Å². The number of ether oxygens (including phenoxy) is 1. The van der Waals surface area contributed by atoms with Crippen molar-refractivity contribution in [2.45, 2.75) is 17.4 Å². The van der Waals surface area contributed by atoms with Gasteiger partial charge in [-0.2, -0.15) is 8.78 Å². The third-order valence-electron chi connectivity index (χ3n) is 5.64. The van der Waals surface area contributed by atoms with Crippen LogP contribution in [0.4, 0.5) is 29.3 Å². The summed E-state index contributed by atoms with van der Waals surface area (Å²) in [7, 11) is -3.81. The molecule has 0 radical (unpaired) electrons. The Morgan fingerprint density at radius 1 is 1.19 bits per heavy atom. The quantitative estimate of drug-likeness (QED) is 0.545. The van der Waals surface area contributed by atoms with Gasteiger partial charge in [-0.1, -0.05) is 0 Å². The van der Waals surface area contributed by atoms with Gasteiger partial charge in [0.05, 0.1) is 29.4 Å². The first-order valence-corrected chi connectivity index (χ1v) is 12.4. The standard InChI is InChI=1S/C21H23F3N6O5S/c22-17-11-14(29-13-15(35-21(29)32)12-26-20(31)19(23)24)1-2-18(17)28-8-7-27-30(10-9-28)36(33,34)16-3-5-25-6-4-16/h1-6,11,15,19,27H,7-10,12-13H2,(H,26,31). The average molecular weight is 529 g/mol. The number of rotatable bonds is 7. The minimum atomic E-state index is -3.81. The van der Waals surface area contributed by atoms with Crippen molar-refractivity contribution >= 4 is 33.4 Å². The zero-order valence-electron chi connectivity index (χ0n) is 18.8. The van der Waals surface area contributed by atoms with Crippen molar-refractivity contribution in [3.05, 3.63) is 48.5 Å². The van der Waals surface area contributed by atoms with Crippen molar-refractivity contribution < 1.29 is 35.9 Å². The number of carbonyl (C=O) groups excluding carboxylic acids is 2. The Morgan fingerprint density at radius 3 is 2.64 bits per heavy atom. The molecule has 194 valence electrons. The van der Waals surface area contributed by atoms with Crippen LogP contribution in [0.3, 0.4) is 0 Å². The molecule has 2 amide bonds. The highest BCUT2D eigenvalue weighted by Gasteiger charge is 2.34. The largest absolute Gasteiger partial charge is 0.442 e. The summed E-state index contributed by atoms with van der Waals surface area (Å²) in [4.78, 5) is 29.9. The summed E-state index contributed by atoms with van der Waals surface area (Å²) in [6, 6.07) is 6.89. The highest BCUT2D eigenvalue weighted by Crippen LogP contribution is 2.28. The van der Waals surface area contributed by atoms with E-state index in [-0.39, 0.29) is 49.0 Å². The van der Waals surface area contributed by atoms with E-state index in [0.29, 0.717) is 6.54 Å². The molecule has 2 aromatic rings. The molecule has 0 saturated carbocycles. The lowest BCUT2D eigenvalue weighted by Crippen LogP contribution is -2.43. The van der Waals surface area contributed by atoms with Crippen LogP contribution in [-0.4, -0.2) is 81.6 Å². The second-order valence-electron chi connectivity index (χ2n) is 7.95. The lowest BCUT2D eigenvalue weighted by atomic mass is 10.2. The normalized spacial score (nSPS) is 19.3.